The summed E-state index contributed by atoms with van der Waals surface area (Å²) in [7, 11) is 0. The molecule has 7 heteroatoms. The highest BCUT2D eigenvalue weighted by Gasteiger charge is 2.35. The number of aryl methyl sites for hydroxylation is 1. The number of esters is 1. The van der Waals surface area contributed by atoms with Gasteiger partial charge in [0, 0.05) is 6.08 Å². The minimum Gasteiger partial charge on any atom is -0.459 e. The Morgan fingerprint density at radius 1 is 1.06 bits per heavy atom. The molecule has 0 aromatic heterocycles. The van der Waals surface area contributed by atoms with Gasteiger partial charge in [-0.1, -0.05) is 24.3 Å². The molecule has 1 aliphatic heterocycles. The lowest BCUT2D eigenvalue weighted by Gasteiger charge is -2.19. The molecule has 0 saturated heterocycles. The highest BCUT2D eigenvalue weighted by Crippen LogP contribution is 2.36. The molecule has 0 spiro atoms. The molecular weight excluding hydrogens is 409 g/mol. The van der Waals surface area contributed by atoms with Crippen LogP contribution < -0.4 is 0 Å². The topological polar surface area (TPSA) is 66.8 Å². The molecule has 31 heavy (non-hydrogen) atoms. The van der Waals surface area contributed by atoms with Gasteiger partial charge in [0.05, 0.1) is 17.8 Å². The number of alkyl halides is 3. The summed E-state index contributed by atoms with van der Waals surface area (Å²) in [5, 5.41) is 20.4. The predicted octanol–water partition coefficient (Wildman–Crippen LogP) is 4.59. The molecule has 1 aromatic carbocycles. The van der Waals surface area contributed by atoms with E-state index >= 15 is 0 Å². The highest BCUT2D eigenvalue weighted by atomic mass is 19.4. The fourth-order valence-corrected chi connectivity index (χ4v) is 4.40. The van der Waals surface area contributed by atoms with Crippen LogP contribution in [0.2, 0.25) is 0 Å². The van der Waals surface area contributed by atoms with Crippen molar-refractivity contribution in [2.45, 2.75) is 69.4 Å². The van der Waals surface area contributed by atoms with E-state index in [0.29, 0.717) is 32.1 Å². The lowest BCUT2D eigenvalue weighted by atomic mass is 9.90. The number of allylic oxidation sites excluding steroid dienone is 2. The van der Waals surface area contributed by atoms with Crippen molar-refractivity contribution in [1.82, 2.24) is 0 Å². The number of halogens is 3. The number of rotatable bonds is 3. The van der Waals surface area contributed by atoms with Gasteiger partial charge in [0.1, 0.15) is 6.10 Å². The molecule has 0 unspecified atom stereocenters. The molecule has 2 aliphatic rings. The smallest absolute Gasteiger partial charge is 0.416 e. The first kappa shape index (κ1) is 23.5. The summed E-state index contributed by atoms with van der Waals surface area (Å²) in [6, 6.07) is 5.04. The van der Waals surface area contributed by atoms with E-state index in [1.807, 2.05) is 0 Å². The third-order valence-corrected chi connectivity index (χ3v) is 6.11. The second kappa shape index (κ2) is 10.5. The van der Waals surface area contributed by atoms with E-state index in [1.54, 1.807) is 0 Å². The maximum absolute atomic E-state index is 12.7. The highest BCUT2D eigenvalue weighted by molar-refractivity contribution is 5.82. The van der Waals surface area contributed by atoms with Crippen molar-refractivity contribution in [1.29, 1.82) is 0 Å². The Morgan fingerprint density at radius 3 is 2.52 bits per heavy atom. The molecule has 0 radical (unpaired) electrons. The largest absolute Gasteiger partial charge is 0.459 e. The minimum atomic E-state index is -4.36. The molecule has 2 N–H and O–H groups in total. The Hall–Kier alpha value is -2.12. The van der Waals surface area contributed by atoms with Crippen LogP contribution in [0.15, 0.2) is 48.6 Å². The first-order valence-electron chi connectivity index (χ1n) is 10.8. The van der Waals surface area contributed by atoms with Crippen LogP contribution in [-0.4, -0.2) is 34.5 Å². The van der Waals surface area contributed by atoms with Gasteiger partial charge in [-0.3, -0.25) is 0 Å². The number of carbonyl (C=O) groups excluding carboxylic acids is 1. The van der Waals surface area contributed by atoms with Crippen LogP contribution >= 0.6 is 0 Å². The molecule has 0 bridgehead atoms. The summed E-state index contributed by atoms with van der Waals surface area (Å²) in [5.41, 5.74) is 0.0710. The van der Waals surface area contributed by atoms with Gasteiger partial charge in [0.2, 0.25) is 0 Å². The number of carbonyl (C=O) groups is 1. The second-order valence-electron chi connectivity index (χ2n) is 8.45. The van der Waals surface area contributed by atoms with Crippen LogP contribution in [0.3, 0.4) is 0 Å². The fourth-order valence-electron chi connectivity index (χ4n) is 4.40. The Bertz CT molecular complexity index is 785. The number of cyclic esters (lactones) is 1. The number of aliphatic hydroxyl groups is 2. The number of hydrogen-bond donors (Lipinski definition) is 2. The van der Waals surface area contributed by atoms with Gasteiger partial charge >= 0.3 is 12.1 Å². The monoisotopic (exact) mass is 438 g/mol. The van der Waals surface area contributed by atoms with Crippen molar-refractivity contribution < 1.29 is 32.9 Å². The SMILES string of the molecule is O=C1/C=C/[C@@H](O)[C@@H]2C[C@@H](O)C[C@H]2/C=C/CCC[C@H](CCc2ccc(C(F)(F)F)cc2)O1. The van der Waals surface area contributed by atoms with Gasteiger partial charge < -0.3 is 14.9 Å². The summed E-state index contributed by atoms with van der Waals surface area (Å²) in [5.74, 6) is -0.604. The second-order valence-corrected chi connectivity index (χ2v) is 8.45. The summed E-state index contributed by atoms with van der Waals surface area (Å²) >= 11 is 0. The van der Waals surface area contributed by atoms with E-state index < -0.39 is 29.9 Å². The third kappa shape index (κ3) is 6.94. The van der Waals surface area contributed by atoms with Gasteiger partial charge in [-0.2, -0.15) is 13.2 Å². The van der Waals surface area contributed by atoms with E-state index in [2.05, 4.69) is 12.2 Å². The van der Waals surface area contributed by atoms with Crippen LogP contribution in [0.5, 0.6) is 0 Å². The van der Waals surface area contributed by atoms with E-state index in [9.17, 15) is 28.2 Å². The van der Waals surface area contributed by atoms with E-state index in [4.69, 9.17) is 4.74 Å². The van der Waals surface area contributed by atoms with E-state index in [0.717, 1.165) is 30.5 Å². The van der Waals surface area contributed by atoms with Crippen LogP contribution in [-0.2, 0) is 22.1 Å². The molecule has 4 nitrogen and oxygen atoms in total. The molecule has 1 fully saturated rings. The molecule has 1 aliphatic carbocycles. The van der Waals surface area contributed by atoms with Crippen molar-refractivity contribution in [3.63, 3.8) is 0 Å². The normalized spacial score (nSPS) is 32.2. The maximum atomic E-state index is 12.7. The van der Waals surface area contributed by atoms with Crippen molar-refractivity contribution in [3.05, 3.63) is 59.7 Å². The van der Waals surface area contributed by atoms with Crippen LogP contribution in [0.1, 0.15) is 49.7 Å². The first-order chi connectivity index (χ1) is 14.7. The van der Waals surface area contributed by atoms with Crippen molar-refractivity contribution >= 4 is 5.97 Å². The van der Waals surface area contributed by atoms with E-state index in [1.165, 1.54) is 24.3 Å². The van der Waals surface area contributed by atoms with Crippen LogP contribution in [0, 0.1) is 11.8 Å². The molecular formula is C24H29F3O4. The Kier molecular flexibility index (Phi) is 7.94. The zero-order valence-corrected chi connectivity index (χ0v) is 17.3. The standard InChI is InChI=1S/C24H29F3O4/c25-24(26,27)18-9-6-16(7-10-18)8-11-20-5-3-1-2-4-17-14-19(28)15-21(17)22(29)12-13-23(30)31-20/h2,4,6-7,9-10,12-13,17,19-22,28-29H,1,3,5,8,11,14-15H2/b4-2+,13-12+/t17-,19+,20-,21-,22-/m1/s1. The number of ether oxygens (including phenoxy) is 1. The fraction of sp³-hybridized carbons (Fsp3) is 0.542. The molecule has 1 heterocycles. The van der Waals surface area contributed by atoms with Crippen molar-refractivity contribution in [2.75, 3.05) is 0 Å². The van der Waals surface area contributed by atoms with Gasteiger partial charge in [-0.25, -0.2) is 4.79 Å². The quantitative estimate of drug-likeness (QED) is 0.535. The van der Waals surface area contributed by atoms with Crippen LogP contribution in [0.25, 0.3) is 0 Å². The predicted molar refractivity (Wildman–Crippen MR) is 110 cm³/mol. The van der Waals surface area contributed by atoms with Gasteiger partial charge in [0.25, 0.3) is 0 Å². The Balaban J connectivity index is 1.61. The summed E-state index contributed by atoms with van der Waals surface area (Å²) in [4.78, 5) is 12.3. The zero-order chi connectivity index (χ0) is 22.4. The molecule has 5 atom stereocenters. The molecule has 1 aromatic rings. The lowest BCUT2D eigenvalue weighted by molar-refractivity contribution is -0.143. The van der Waals surface area contributed by atoms with Crippen LogP contribution in [0.4, 0.5) is 13.2 Å². The summed E-state index contributed by atoms with van der Waals surface area (Å²) in [6.07, 6.45) is 5.10. The Morgan fingerprint density at radius 2 is 1.81 bits per heavy atom. The van der Waals surface area contributed by atoms with Crippen molar-refractivity contribution in [2.24, 2.45) is 11.8 Å². The summed E-state index contributed by atoms with van der Waals surface area (Å²) in [6.45, 7) is 0. The number of benzene rings is 1. The van der Waals surface area contributed by atoms with Crippen molar-refractivity contribution in [3.8, 4) is 0 Å². The minimum absolute atomic E-state index is 0.0712. The molecule has 3 rings (SSSR count). The average Bonchev–Trinajstić information content (AvgIpc) is 3.09. The molecule has 170 valence electrons. The number of fused-ring (bicyclic) bond motifs is 1. The number of aliphatic hydroxyl groups excluding tert-OH is 2. The average molecular weight is 438 g/mol. The molecule has 0 amide bonds. The van der Waals surface area contributed by atoms with Gasteiger partial charge in [-0.05, 0) is 80.6 Å². The van der Waals surface area contributed by atoms with Gasteiger partial charge in [-0.15, -0.1) is 0 Å². The molecule has 1 saturated carbocycles. The third-order valence-electron chi connectivity index (χ3n) is 6.11. The zero-order valence-electron chi connectivity index (χ0n) is 17.3. The van der Waals surface area contributed by atoms with Gasteiger partial charge in [0.15, 0.2) is 0 Å². The Labute approximate surface area is 180 Å². The maximum Gasteiger partial charge on any atom is 0.416 e. The lowest BCUT2D eigenvalue weighted by Crippen LogP contribution is -2.22. The number of hydrogen-bond acceptors (Lipinski definition) is 4. The first-order valence-corrected chi connectivity index (χ1v) is 10.8. The van der Waals surface area contributed by atoms with E-state index in [-0.39, 0.29) is 17.9 Å². The summed E-state index contributed by atoms with van der Waals surface area (Å²) < 4.78 is 43.7.